The molecule has 24 heavy (non-hydrogen) atoms. The van der Waals surface area contributed by atoms with E-state index in [4.69, 9.17) is 0 Å². The minimum Gasteiger partial charge on any atom is -0.390 e. The Morgan fingerprint density at radius 3 is 2.46 bits per heavy atom. The van der Waals surface area contributed by atoms with Crippen LogP contribution in [0.5, 0.6) is 0 Å². The van der Waals surface area contributed by atoms with Crippen molar-refractivity contribution < 1.29 is 10.2 Å². The summed E-state index contributed by atoms with van der Waals surface area (Å²) >= 11 is 0. The topological polar surface area (TPSA) is 76.6 Å². The third-order valence-electron chi connectivity index (χ3n) is 5.62. The number of nitrogens with zero attached hydrogens (tertiary/aromatic N) is 1. The smallest absolute Gasteiger partial charge is 0.189 e. The first-order chi connectivity index (χ1) is 11.5. The molecule has 4 atom stereocenters. The highest BCUT2D eigenvalue weighted by Crippen LogP contribution is 2.36. The second kappa shape index (κ2) is 5.99. The third-order valence-corrected chi connectivity index (χ3v) is 5.62. The minimum atomic E-state index is -0.588. The van der Waals surface area contributed by atoms with Crippen molar-refractivity contribution in [2.24, 2.45) is 11.8 Å². The van der Waals surface area contributed by atoms with Crippen LogP contribution < -0.4 is 5.43 Å². The summed E-state index contributed by atoms with van der Waals surface area (Å²) in [5, 5.41) is 20.5. The first kappa shape index (κ1) is 15.8. The molecule has 2 heterocycles. The number of aromatic nitrogens is 1. The molecule has 0 bridgehead atoms. The third kappa shape index (κ3) is 2.88. The number of aryl methyl sites for hydroxylation is 1. The van der Waals surface area contributed by atoms with Gasteiger partial charge in [0, 0.05) is 42.3 Å². The zero-order valence-corrected chi connectivity index (χ0v) is 13.9. The zero-order chi connectivity index (χ0) is 16.8. The van der Waals surface area contributed by atoms with E-state index in [2.05, 4.69) is 9.88 Å². The lowest BCUT2D eigenvalue weighted by atomic mass is 9.79. The number of hydrogen-bond acceptors (Lipinski definition) is 4. The van der Waals surface area contributed by atoms with Gasteiger partial charge in [-0.1, -0.05) is 11.6 Å². The van der Waals surface area contributed by atoms with Crippen LogP contribution in [0.15, 0.2) is 29.1 Å². The largest absolute Gasteiger partial charge is 0.390 e. The molecule has 0 amide bonds. The van der Waals surface area contributed by atoms with Crippen LogP contribution in [0.2, 0.25) is 0 Å². The Bertz CT molecular complexity index is 798. The zero-order valence-electron chi connectivity index (χ0n) is 13.9. The molecule has 1 saturated heterocycles. The number of likely N-dealkylation sites (tertiary alicyclic amines) is 1. The lowest BCUT2D eigenvalue weighted by molar-refractivity contribution is -0.0372. The van der Waals surface area contributed by atoms with Gasteiger partial charge in [0.2, 0.25) is 0 Å². The highest BCUT2D eigenvalue weighted by Gasteiger charge is 2.40. The molecule has 128 valence electrons. The Morgan fingerprint density at radius 2 is 1.79 bits per heavy atom. The summed E-state index contributed by atoms with van der Waals surface area (Å²) in [6.45, 7) is 4.53. The van der Waals surface area contributed by atoms with Gasteiger partial charge in [-0.2, -0.15) is 0 Å². The van der Waals surface area contributed by atoms with Crippen LogP contribution in [0.4, 0.5) is 0 Å². The first-order valence-corrected chi connectivity index (χ1v) is 8.70. The van der Waals surface area contributed by atoms with Gasteiger partial charge in [0.15, 0.2) is 5.43 Å². The summed E-state index contributed by atoms with van der Waals surface area (Å²) < 4.78 is 0. The highest BCUT2D eigenvalue weighted by atomic mass is 16.3. The highest BCUT2D eigenvalue weighted by molar-refractivity contribution is 5.79. The molecule has 0 unspecified atom stereocenters. The van der Waals surface area contributed by atoms with Crippen molar-refractivity contribution in [2.45, 2.75) is 38.5 Å². The van der Waals surface area contributed by atoms with Crippen LogP contribution in [-0.2, 0) is 6.54 Å². The van der Waals surface area contributed by atoms with E-state index in [1.54, 1.807) is 6.07 Å². The van der Waals surface area contributed by atoms with Crippen molar-refractivity contribution in [1.29, 1.82) is 0 Å². The summed E-state index contributed by atoms with van der Waals surface area (Å²) in [6.07, 6.45) is 0.177. The first-order valence-electron chi connectivity index (χ1n) is 8.70. The van der Waals surface area contributed by atoms with E-state index < -0.39 is 12.2 Å². The van der Waals surface area contributed by atoms with Crippen molar-refractivity contribution in [3.05, 3.63) is 45.7 Å². The molecule has 1 aliphatic heterocycles. The van der Waals surface area contributed by atoms with E-state index in [-0.39, 0.29) is 5.43 Å². The molecule has 1 saturated carbocycles. The summed E-state index contributed by atoms with van der Waals surface area (Å²) in [5.74, 6) is 0.886. The second-order valence-electron chi connectivity index (χ2n) is 7.53. The molecule has 4 rings (SSSR count). The average molecular weight is 328 g/mol. The lowest BCUT2D eigenvalue weighted by Crippen LogP contribution is -2.38. The Morgan fingerprint density at radius 1 is 1.12 bits per heavy atom. The van der Waals surface area contributed by atoms with Gasteiger partial charge in [0.25, 0.3) is 0 Å². The van der Waals surface area contributed by atoms with Crippen molar-refractivity contribution in [3.8, 4) is 0 Å². The van der Waals surface area contributed by atoms with E-state index in [9.17, 15) is 15.0 Å². The second-order valence-corrected chi connectivity index (χ2v) is 7.53. The van der Waals surface area contributed by atoms with Crippen LogP contribution in [-0.4, -0.2) is 45.4 Å². The number of aromatic amines is 1. The molecule has 5 heteroatoms. The fraction of sp³-hybridized carbons (Fsp3) is 0.526. The normalized spacial score (nSPS) is 30.6. The van der Waals surface area contributed by atoms with Crippen molar-refractivity contribution in [1.82, 2.24) is 9.88 Å². The van der Waals surface area contributed by atoms with Gasteiger partial charge in [0.05, 0.1) is 12.2 Å². The summed E-state index contributed by atoms with van der Waals surface area (Å²) in [5.41, 5.74) is 2.95. The van der Waals surface area contributed by atoms with Gasteiger partial charge in [-0.15, -0.1) is 0 Å². The molecule has 2 aromatic rings. The molecule has 5 nitrogen and oxygen atoms in total. The SMILES string of the molecule is Cc1ccc2[nH]c(CN3C[C@H]4C[C@H](O)[C@@H](O)C[C@H]4C3)cc(=O)c2c1. The maximum atomic E-state index is 12.4. The van der Waals surface area contributed by atoms with Crippen LogP contribution in [0, 0.1) is 18.8 Å². The number of rotatable bonds is 2. The van der Waals surface area contributed by atoms with Crippen LogP contribution >= 0.6 is 0 Å². The molecular weight excluding hydrogens is 304 g/mol. The monoisotopic (exact) mass is 328 g/mol. The molecule has 1 aromatic heterocycles. The standard InChI is InChI=1S/C19H24N2O3/c1-11-2-3-16-15(4-11)17(22)7-14(20-16)10-21-8-12-5-18(23)19(24)6-13(12)9-21/h2-4,7,12-13,18-19,23-24H,5-6,8-10H2,1H3,(H,20,22)/t12-,13+,18-,19-/m0/s1. The van der Waals surface area contributed by atoms with E-state index in [0.29, 0.717) is 31.2 Å². The number of aliphatic hydroxyl groups excluding tert-OH is 2. The predicted molar refractivity (Wildman–Crippen MR) is 92.8 cm³/mol. The minimum absolute atomic E-state index is 0.0601. The molecule has 1 aliphatic carbocycles. The van der Waals surface area contributed by atoms with E-state index in [1.807, 2.05) is 25.1 Å². The molecule has 0 spiro atoms. The van der Waals surface area contributed by atoms with E-state index >= 15 is 0 Å². The number of nitrogens with one attached hydrogen (secondary N) is 1. The number of hydrogen-bond donors (Lipinski definition) is 3. The summed E-state index contributed by atoms with van der Waals surface area (Å²) in [6, 6.07) is 7.60. The molecular formula is C19H24N2O3. The number of aliphatic hydroxyl groups is 2. The van der Waals surface area contributed by atoms with Crippen molar-refractivity contribution in [2.75, 3.05) is 13.1 Å². The quantitative estimate of drug-likeness (QED) is 0.779. The maximum Gasteiger partial charge on any atom is 0.189 e. The fourth-order valence-corrected chi connectivity index (χ4v) is 4.38. The molecule has 2 fully saturated rings. The molecule has 0 radical (unpaired) electrons. The van der Waals surface area contributed by atoms with Crippen molar-refractivity contribution in [3.63, 3.8) is 0 Å². The average Bonchev–Trinajstić information content (AvgIpc) is 2.89. The number of H-pyrrole nitrogens is 1. The summed E-state index contributed by atoms with van der Waals surface area (Å²) in [4.78, 5) is 18.1. The number of benzene rings is 1. The fourth-order valence-electron chi connectivity index (χ4n) is 4.38. The van der Waals surface area contributed by atoms with Crippen LogP contribution in [0.25, 0.3) is 10.9 Å². The Balaban J connectivity index is 1.53. The van der Waals surface area contributed by atoms with Gasteiger partial charge in [0.1, 0.15) is 0 Å². The predicted octanol–water partition coefficient (Wildman–Crippen LogP) is 1.40. The van der Waals surface area contributed by atoms with Gasteiger partial charge < -0.3 is 15.2 Å². The van der Waals surface area contributed by atoms with Crippen LogP contribution in [0.1, 0.15) is 24.1 Å². The van der Waals surface area contributed by atoms with Crippen molar-refractivity contribution >= 4 is 10.9 Å². The number of pyridine rings is 1. The van der Waals surface area contributed by atoms with Gasteiger partial charge >= 0.3 is 0 Å². The summed E-state index contributed by atoms with van der Waals surface area (Å²) in [7, 11) is 0. The Kier molecular flexibility index (Phi) is 3.95. The molecule has 2 aliphatic rings. The van der Waals surface area contributed by atoms with Gasteiger partial charge in [-0.3, -0.25) is 9.69 Å². The van der Waals surface area contributed by atoms with E-state index in [0.717, 1.165) is 35.2 Å². The Labute approximate surface area is 140 Å². The van der Waals surface area contributed by atoms with Gasteiger partial charge in [-0.25, -0.2) is 0 Å². The number of fused-ring (bicyclic) bond motifs is 2. The molecule has 1 aromatic carbocycles. The lowest BCUT2D eigenvalue weighted by Gasteiger charge is -2.32. The Hall–Kier alpha value is -1.69. The van der Waals surface area contributed by atoms with Gasteiger partial charge in [-0.05, 0) is 43.7 Å². The van der Waals surface area contributed by atoms with E-state index in [1.165, 1.54) is 0 Å². The molecule has 3 N–H and O–H groups in total. The van der Waals surface area contributed by atoms with Crippen LogP contribution in [0.3, 0.4) is 0 Å². The maximum absolute atomic E-state index is 12.4.